The normalized spacial score (nSPS) is 15.0. The number of nitrogens with one attached hydrogen (secondary N) is 1. The highest BCUT2D eigenvalue weighted by molar-refractivity contribution is 8.00. The number of piperazine rings is 1. The van der Waals surface area contributed by atoms with E-state index in [4.69, 9.17) is 11.6 Å². The zero-order chi connectivity index (χ0) is 19.4. The largest absolute Gasteiger partial charge is 0.367 e. The van der Waals surface area contributed by atoms with E-state index in [1.54, 1.807) is 12.1 Å². The fourth-order valence-corrected chi connectivity index (χ4v) is 3.75. The standard InChI is InChI=1S/C19H20ClF2N3OS/c1-24-6-8-25(9-7-24)17-4-2-13(20)10-16(17)23-19(26)12-27-18-5-3-14(21)11-15(18)22/h2-5,10-11H,6-9,12H2,1H3,(H,23,26). The molecule has 2 aromatic rings. The third-order valence-electron chi connectivity index (χ3n) is 4.33. The van der Waals surface area contributed by atoms with Gasteiger partial charge in [0.05, 0.1) is 17.1 Å². The second-order valence-corrected chi connectivity index (χ2v) is 7.82. The first-order valence-electron chi connectivity index (χ1n) is 8.53. The molecule has 1 N–H and O–H groups in total. The third kappa shape index (κ3) is 5.34. The maximum atomic E-state index is 13.7. The van der Waals surface area contributed by atoms with Crippen molar-refractivity contribution in [1.82, 2.24) is 4.90 Å². The van der Waals surface area contributed by atoms with Crippen molar-refractivity contribution in [3.05, 3.63) is 53.1 Å². The molecule has 0 unspecified atom stereocenters. The zero-order valence-corrected chi connectivity index (χ0v) is 16.4. The van der Waals surface area contributed by atoms with Crippen molar-refractivity contribution in [2.45, 2.75) is 4.90 Å². The van der Waals surface area contributed by atoms with Crippen molar-refractivity contribution in [1.29, 1.82) is 0 Å². The lowest BCUT2D eigenvalue weighted by Gasteiger charge is -2.35. The molecule has 1 aliphatic rings. The summed E-state index contributed by atoms with van der Waals surface area (Å²) in [5, 5.41) is 3.39. The van der Waals surface area contributed by atoms with E-state index in [1.165, 1.54) is 12.1 Å². The molecule has 2 aromatic carbocycles. The van der Waals surface area contributed by atoms with Crippen LogP contribution in [0, 0.1) is 11.6 Å². The van der Waals surface area contributed by atoms with Crippen LogP contribution in [-0.4, -0.2) is 49.8 Å². The SMILES string of the molecule is CN1CCN(c2ccc(Cl)cc2NC(=O)CSc2ccc(F)cc2F)CC1. The Morgan fingerprint density at radius 2 is 1.89 bits per heavy atom. The average molecular weight is 412 g/mol. The lowest BCUT2D eigenvalue weighted by molar-refractivity contribution is -0.113. The Morgan fingerprint density at radius 1 is 1.15 bits per heavy atom. The number of thioether (sulfide) groups is 1. The van der Waals surface area contributed by atoms with Gasteiger partial charge in [0.15, 0.2) is 0 Å². The number of anilines is 2. The van der Waals surface area contributed by atoms with E-state index in [9.17, 15) is 13.6 Å². The fourth-order valence-electron chi connectivity index (χ4n) is 2.85. The second kappa shape index (κ2) is 8.91. The van der Waals surface area contributed by atoms with E-state index in [2.05, 4.69) is 22.2 Å². The topological polar surface area (TPSA) is 35.6 Å². The molecule has 1 fully saturated rings. The minimum atomic E-state index is -0.673. The summed E-state index contributed by atoms with van der Waals surface area (Å²) in [7, 11) is 2.08. The van der Waals surface area contributed by atoms with Crippen molar-refractivity contribution in [3.63, 3.8) is 0 Å². The molecule has 27 heavy (non-hydrogen) atoms. The molecule has 1 heterocycles. The first kappa shape index (κ1) is 19.9. The van der Waals surface area contributed by atoms with Crippen molar-refractivity contribution in [2.24, 2.45) is 0 Å². The first-order chi connectivity index (χ1) is 12.9. The van der Waals surface area contributed by atoms with Crippen LogP contribution in [0.5, 0.6) is 0 Å². The van der Waals surface area contributed by atoms with E-state index in [1.807, 2.05) is 6.07 Å². The van der Waals surface area contributed by atoms with Gasteiger partial charge in [0.25, 0.3) is 0 Å². The smallest absolute Gasteiger partial charge is 0.234 e. The van der Waals surface area contributed by atoms with Crippen LogP contribution >= 0.6 is 23.4 Å². The molecule has 0 bridgehead atoms. The summed E-state index contributed by atoms with van der Waals surface area (Å²) in [5.41, 5.74) is 1.55. The Kier molecular flexibility index (Phi) is 6.57. The van der Waals surface area contributed by atoms with Gasteiger partial charge in [-0.25, -0.2) is 8.78 Å². The summed E-state index contributed by atoms with van der Waals surface area (Å²) in [6.45, 7) is 3.60. The number of carbonyl (C=O) groups excluding carboxylic acids is 1. The van der Waals surface area contributed by atoms with E-state index < -0.39 is 11.6 Å². The molecule has 1 amide bonds. The molecule has 1 saturated heterocycles. The van der Waals surface area contributed by atoms with Crippen LogP contribution in [0.2, 0.25) is 5.02 Å². The number of likely N-dealkylation sites (N-methyl/N-ethyl adjacent to an activating group) is 1. The van der Waals surface area contributed by atoms with Gasteiger partial charge in [-0.2, -0.15) is 0 Å². The van der Waals surface area contributed by atoms with Crippen LogP contribution in [0.25, 0.3) is 0 Å². The molecule has 0 saturated carbocycles. The summed E-state index contributed by atoms with van der Waals surface area (Å²) < 4.78 is 26.7. The minimum Gasteiger partial charge on any atom is -0.367 e. The number of amides is 1. The Morgan fingerprint density at radius 3 is 2.59 bits per heavy atom. The lowest BCUT2D eigenvalue weighted by Crippen LogP contribution is -2.44. The van der Waals surface area contributed by atoms with Crippen molar-refractivity contribution in [2.75, 3.05) is 49.2 Å². The van der Waals surface area contributed by atoms with E-state index in [0.717, 1.165) is 49.7 Å². The van der Waals surface area contributed by atoms with Gasteiger partial charge in [-0.3, -0.25) is 4.79 Å². The summed E-state index contributed by atoms with van der Waals surface area (Å²) in [6, 6.07) is 8.73. The lowest BCUT2D eigenvalue weighted by atomic mass is 10.2. The average Bonchev–Trinajstić information content (AvgIpc) is 2.62. The van der Waals surface area contributed by atoms with Crippen molar-refractivity contribution < 1.29 is 13.6 Å². The van der Waals surface area contributed by atoms with Gasteiger partial charge >= 0.3 is 0 Å². The third-order valence-corrected chi connectivity index (χ3v) is 5.61. The highest BCUT2D eigenvalue weighted by Gasteiger charge is 2.18. The van der Waals surface area contributed by atoms with Gasteiger partial charge < -0.3 is 15.1 Å². The van der Waals surface area contributed by atoms with Crippen LogP contribution < -0.4 is 10.2 Å². The maximum Gasteiger partial charge on any atom is 0.234 e. The number of halogens is 3. The van der Waals surface area contributed by atoms with Crippen LogP contribution in [0.15, 0.2) is 41.3 Å². The van der Waals surface area contributed by atoms with E-state index >= 15 is 0 Å². The number of benzene rings is 2. The number of rotatable bonds is 5. The number of hydrogen-bond acceptors (Lipinski definition) is 4. The van der Waals surface area contributed by atoms with Crippen LogP contribution in [0.4, 0.5) is 20.2 Å². The van der Waals surface area contributed by atoms with Gasteiger partial charge in [-0.15, -0.1) is 11.8 Å². The molecule has 0 aliphatic carbocycles. The molecule has 144 valence electrons. The molecular formula is C19H20ClF2N3OS. The van der Waals surface area contributed by atoms with Gasteiger partial charge in [0, 0.05) is 42.2 Å². The molecule has 0 aromatic heterocycles. The predicted octanol–water partition coefficient (Wildman–Crippen LogP) is 4.10. The summed E-state index contributed by atoms with van der Waals surface area (Å²) in [6.07, 6.45) is 0. The highest BCUT2D eigenvalue weighted by atomic mass is 35.5. The fraction of sp³-hybridized carbons (Fsp3) is 0.316. The Hall–Kier alpha value is -1.83. The Labute approximate surface area is 166 Å². The summed E-state index contributed by atoms with van der Waals surface area (Å²) >= 11 is 7.12. The molecular weight excluding hydrogens is 392 g/mol. The van der Waals surface area contributed by atoms with Crippen molar-refractivity contribution in [3.8, 4) is 0 Å². The predicted molar refractivity (Wildman–Crippen MR) is 107 cm³/mol. The Balaban J connectivity index is 1.67. The first-order valence-corrected chi connectivity index (χ1v) is 9.89. The maximum absolute atomic E-state index is 13.7. The van der Waals surface area contributed by atoms with Gasteiger partial charge in [0.2, 0.25) is 5.91 Å². The molecule has 1 aliphatic heterocycles. The molecule has 0 spiro atoms. The summed E-state index contributed by atoms with van der Waals surface area (Å²) in [4.78, 5) is 17.1. The number of nitrogens with zero attached hydrogens (tertiary/aromatic N) is 2. The quantitative estimate of drug-likeness (QED) is 0.751. The number of hydrogen-bond donors (Lipinski definition) is 1. The zero-order valence-electron chi connectivity index (χ0n) is 14.8. The monoisotopic (exact) mass is 411 g/mol. The summed E-state index contributed by atoms with van der Waals surface area (Å²) in [5.74, 6) is -1.58. The molecule has 8 heteroatoms. The Bertz CT molecular complexity index is 829. The minimum absolute atomic E-state index is 0.0112. The van der Waals surface area contributed by atoms with Gasteiger partial charge in [-0.05, 0) is 37.4 Å². The highest BCUT2D eigenvalue weighted by Crippen LogP contribution is 2.30. The van der Waals surface area contributed by atoms with Gasteiger partial charge in [0.1, 0.15) is 11.6 Å². The molecule has 0 atom stereocenters. The van der Waals surface area contributed by atoms with Crippen LogP contribution in [0.1, 0.15) is 0 Å². The van der Waals surface area contributed by atoms with Crippen molar-refractivity contribution >= 4 is 40.6 Å². The van der Waals surface area contributed by atoms with Crippen LogP contribution in [-0.2, 0) is 4.79 Å². The second-order valence-electron chi connectivity index (χ2n) is 6.36. The van der Waals surface area contributed by atoms with Gasteiger partial charge in [-0.1, -0.05) is 11.6 Å². The molecule has 3 rings (SSSR count). The van der Waals surface area contributed by atoms with E-state index in [0.29, 0.717) is 10.7 Å². The molecule has 4 nitrogen and oxygen atoms in total. The molecule has 0 radical (unpaired) electrons. The van der Waals surface area contributed by atoms with E-state index in [-0.39, 0.29) is 16.6 Å². The van der Waals surface area contributed by atoms with Crippen LogP contribution in [0.3, 0.4) is 0 Å². The number of carbonyl (C=O) groups is 1.